The summed E-state index contributed by atoms with van der Waals surface area (Å²) in [5.74, 6) is -4.18. The number of carboxylic acid groups (broad SMARTS) is 1. The van der Waals surface area contributed by atoms with Crippen LogP contribution in [0.4, 0.5) is 0 Å². The Labute approximate surface area is 221 Å². The normalized spacial score (nSPS) is 30.7. The average molecular weight is 526 g/mol. The first-order chi connectivity index (χ1) is 18.2. The second-order valence-electron chi connectivity index (χ2n) is 11.0. The Morgan fingerprint density at radius 1 is 1.32 bits per heavy atom. The number of aliphatic hydroxyl groups is 1. The molecule has 11 heteroatoms. The van der Waals surface area contributed by atoms with Gasteiger partial charge in [-0.15, -0.1) is 11.7 Å². The van der Waals surface area contributed by atoms with Crippen molar-refractivity contribution < 1.29 is 29.3 Å². The zero-order valence-corrected chi connectivity index (χ0v) is 22.0. The first-order valence-corrected chi connectivity index (χ1v) is 13.2. The second kappa shape index (κ2) is 9.46. The molecule has 3 fully saturated rings. The van der Waals surface area contributed by atoms with Gasteiger partial charge in [-0.05, 0) is 37.3 Å². The van der Waals surface area contributed by atoms with E-state index in [1.165, 1.54) is 9.80 Å². The molecule has 4 heterocycles. The van der Waals surface area contributed by atoms with Crippen molar-refractivity contribution in [1.29, 1.82) is 0 Å². The number of likely N-dealkylation sites (tertiary alicyclic amines) is 1. The Hall–Kier alpha value is -3.31. The zero-order chi connectivity index (χ0) is 27.4. The summed E-state index contributed by atoms with van der Waals surface area (Å²) in [5, 5.41) is 29.0. The molecule has 0 aliphatic carbocycles. The predicted molar refractivity (Wildman–Crippen MR) is 136 cm³/mol. The van der Waals surface area contributed by atoms with Crippen molar-refractivity contribution in [2.24, 2.45) is 17.8 Å². The lowest BCUT2D eigenvalue weighted by Crippen LogP contribution is -2.59. The number of amides is 2. The lowest BCUT2D eigenvalue weighted by Gasteiger charge is -2.40. The van der Waals surface area contributed by atoms with Gasteiger partial charge in [-0.3, -0.25) is 14.4 Å². The van der Waals surface area contributed by atoms with E-state index < -0.39 is 52.9 Å². The summed E-state index contributed by atoms with van der Waals surface area (Å²) in [6.45, 7) is 9.27. The van der Waals surface area contributed by atoms with Crippen LogP contribution in [0.5, 0.6) is 0 Å². The number of benzene rings is 1. The smallest absolute Gasteiger partial charge is 0.310 e. The van der Waals surface area contributed by atoms with Crippen LogP contribution in [0.25, 0.3) is 11.0 Å². The van der Waals surface area contributed by atoms with Gasteiger partial charge in [-0.2, -0.15) is 0 Å². The second-order valence-corrected chi connectivity index (χ2v) is 11.0. The van der Waals surface area contributed by atoms with Crippen molar-refractivity contribution in [3.05, 3.63) is 36.9 Å². The molecular formula is C27H35N5O6. The average Bonchev–Trinajstić information content (AvgIpc) is 3.61. The van der Waals surface area contributed by atoms with Gasteiger partial charge >= 0.3 is 5.97 Å². The number of hydrogen-bond donors (Lipinski definition) is 2. The molecule has 0 saturated carbocycles. The predicted octanol–water partition coefficient (Wildman–Crippen LogP) is 1.66. The molecule has 3 aliphatic heterocycles. The number of para-hydroxylation sites is 1. The monoisotopic (exact) mass is 525 g/mol. The summed E-state index contributed by atoms with van der Waals surface area (Å²) in [4.78, 5) is 44.1. The molecule has 1 spiro atoms. The van der Waals surface area contributed by atoms with E-state index in [1.54, 1.807) is 10.8 Å². The molecule has 11 nitrogen and oxygen atoms in total. The number of fused-ring (bicyclic) bond motifs is 2. The molecule has 3 saturated heterocycles. The molecule has 3 aliphatic rings. The van der Waals surface area contributed by atoms with Gasteiger partial charge in [0, 0.05) is 6.54 Å². The van der Waals surface area contributed by atoms with Crippen molar-refractivity contribution >= 4 is 28.8 Å². The molecule has 38 heavy (non-hydrogen) atoms. The third-order valence-electron chi connectivity index (χ3n) is 8.82. The first-order valence-electron chi connectivity index (χ1n) is 13.2. The molecule has 204 valence electrons. The number of hydrogen-bond acceptors (Lipinski definition) is 7. The van der Waals surface area contributed by atoms with Crippen LogP contribution in [0.3, 0.4) is 0 Å². The molecule has 2 bridgehead atoms. The van der Waals surface area contributed by atoms with Crippen LogP contribution in [0, 0.1) is 17.8 Å². The number of rotatable bonds is 10. The molecule has 2 amide bonds. The standard InChI is InChI=1S/C27H35N5O6/c1-5-13-30(15-31-18-10-8-7-9-17(18)28-29-31)24(35)22-27-12-11-26(6-2,38-27)21(25(36)37)20(27)23(34)32(22)19(14-33)16(3)4/h5,7-10,16,19-22,33H,1,6,11-15H2,2-4H3,(H,36,37)/t19-,20-,21-,22?,26+,27?/m0/s1. The Bertz CT molecular complexity index is 1280. The van der Waals surface area contributed by atoms with Gasteiger partial charge < -0.3 is 24.7 Å². The van der Waals surface area contributed by atoms with Crippen LogP contribution in [0.1, 0.15) is 40.0 Å². The molecule has 2 unspecified atom stereocenters. The topological polar surface area (TPSA) is 138 Å². The van der Waals surface area contributed by atoms with E-state index in [9.17, 15) is 24.6 Å². The van der Waals surface area contributed by atoms with Crippen LogP contribution in [0.15, 0.2) is 36.9 Å². The van der Waals surface area contributed by atoms with Crippen molar-refractivity contribution in [2.75, 3.05) is 13.2 Å². The van der Waals surface area contributed by atoms with E-state index in [0.717, 1.165) is 5.52 Å². The highest BCUT2D eigenvalue weighted by atomic mass is 16.5. The number of aromatic nitrogens is 3. The van der Waals surface area contributed by atoms with Crippen molar-refractivity contribution in [1.82, 2.24) is 24.8 Å². The summed E-state index contributed by atoms with van der Waals surface area (Å²) in [7, 11) is 0. The molecule has 0 radical (unpaired) electrons. The van der Waals surface area contributed by atoms with Crippen LogP contribution >= 0.6 is 0 Å². The maximum Gasteiger partial charge on any atom is 0.310 e. The minimum absolute atomic E-state index is 0.0530. The van der Waals surface area contributed by atoms with E-state index in [1.807, 2.05) is 45.0 Å². The van der Waals surface area contributed by atoms with Crippen LogP contribution in [0.2, 0.25) is 0 Å². The fourth-order valence-corrected chi connectivity index (χ4v) is 7.02. The maximum atomic E-state index is 14.5. The Morgan fingerprint density at radius 2 is 2.05 bits per heavy atom. The summed E-state index contributed by atoms with van der Waals surface area (Å²) in [5.41, 5.74) is -0.871. The van der Waals surface area contributed by atoms with Gasteiger partial charge in [0.1, 0.15) is 29.7 Å². The van der Waals surface area contributed by atoms with E-state index in [2.05, 4.69) is 16.9 Å². The highest BCUT2D eigenvalue weighted by molar-refractivity contribution is 5.98. The largest absolute Gasteiger partial charge is 0.481 e. The van der Waals surface area contributed by atoms with Gasteiger partial charge in [-0.25, -0.2) is 4.68 Å². The SMILES string of the molecule is C=CCN(Cn1nnc2ccccc21)C(=O)C1N([C@@H](CO)C(C)C)C(=O)[C@@H]2[C@@H](C(=O)O)[C@@]3(CC)CCC12O3. The van der Waals surface area contributed by atoms with Gasteiger partial charge in [0.25, 0.3) is 0 Å². The summed E-state index contributed by atoms with van der Waals surface area (Å²) in [6, 6.07) is 5.63. The number of aliphatic carboxylic acids is 1. The zero-order valence-electron chi connectivity index (χ0n) is 22.0. The Morgan fingerprint density at radius 3 is 2.68 bits per heavy atom. The fourth-order valence-electron chi connectivity index (χ4n) is 7.02. The summed E-state index contributed by atoms with van der Waals surface area (Å²) < 4.78 is 8.21. The molecule has 2 aromatic rings. The maximum absolute atomic E-state index is 14.5. The van der Waals surface area contributed by atoms with Crippen molar-refractivity contribution in [2.45, 2.75) is 70.0 Å². The van der Waals surface area contributed by atoms with Crippen LogP contribution in [-0.2, 0) is 25.8 Å². The number of carbonyl (C=O) groups excluding carboxylic acids is 2. The minimum atomic E-state index is -1.29. The van der Waals surface area contributed by atoms with E-state index >= 15 is 0 Å². The van der Waals surface area contributed by atoms with E-state index in [0.29, 0.717) is 24.8 Å². The number of ether oxygens (including phenoxy) is 1. The lowest BCUT2D eigenvalue weighted by atomic mass is 9.65. The van der Waals surface area contributed by atoms with Gasteiger partial charge in [0.15, 0.2) is 0 Å². The van der Waals surface area contributed by atoms with E-state index in [4.69, 9.17) is 4.74 Å². The van der Waals surface area contributed by atoms with Gasteiger partial charge in [0.2, 0.25) is 11.8 Å². The molecule has 5 rings (SSSR count). The minimum Gasteiger partial charge on any atom is -0.481 e. The van der Waals surface area contributed by atoms with Crippen molar-refractivity contribution in [3.63, 3.8) is 0 Å². The number of carbonyl (C=O) groups is 3. The third-order valence-corrected chi connectivity index (χ3v) is 8.82. The number of nitrogens with zero attached hydrogens (tertiary/aromatic N) is 5. The van der Waals surface area contributed by atoms with Gasteiger partial charge in [0.05, 0.1) is 29.7 Å². The van der Waals surface area contributed by atoms with E-state index in [-0.39, 0.29) is 25.7 Å². The lowest BCUT2D eigenvalue weighted by molar-refractivity contribution is -0.161. The quantitative estimate of drug-likeness (QED) is 0.447. The Balaban J connectivity index is 1.60. The summed E-state index contributed by atoms with van der Waals surface area (Å²) in [6.07, 6.45) is 2.85. The highest BCUT2D eigenvalue weighted by Gasteiger charge is 2.79. The molecule has 1 aromatic carbocycles. The van der Waals surface area contributed by atoms with Crippen LogP contribution < -0.4 is 0 Å². The number of carboxylic acids is 1. The molecule has 6 atom stereocenters. The molecule has 2 N–H and O–H groups in total. The van der Waals surface area contributed by atoms with Gasteiger partial charge in [-0.1, -0.05) is 44.2 Å². The highest BCUT2D eigenvalue weighted by Crippen LogP contribution is 2.64. The summed E-state index contributed by atoms with van der Waals surface area (Å²) >= 11 is 0. The third kappa shape index (κ3) is 3.59. The van der Waals surface area contributed by atoms with Crippen molar-refractivity contribution in [3.8, 4) is 0 Å². The number of aliphatic hydroxyl groups excluding tert-OH is 1. The molecule has 1 aromatic heterocycles. The first kappa shape index (κ1) is 26.3. The van der Waals surface area contributed by atoms with Crippen LogP contribution in [-0.4, -0.2) is 89.2 Å². The fraction of sp³-hybridized carbons (Fsp3) is 0.593. The Kier molecular flexibility index (Phi) is 6.55. The molecular weight excluding hydrogens is 490 g/mol.